The highest BCUT2D eigenvalue weighted by molar-refractivity contribution is 5.87. The third-order valence-electron chi connectivity index (χ3n) is 8.11. The molecule has 0 saturated carbocycles. The average Bonchev–Trinajstić information content (AvgIpc) is 3.22. The number of carbonyl (C=O) groups is 3. The van der Waals surface area contributed by atoms with Gasteiger partial charge in [-0.2, -0.15) is 0 Å². The lowest BCUT2D eigenvalue weighted by molar-refractivity contribution is -0.363. The molecule has 9 heteroatoms. The molecule has 0 aromatic rings. The van der Waals surface area contributed by atoms with Crippen LogP contribution in [0.5, 0.6) is 0 Å². The third-order valence-corrected chi connectivity index (χ3v) is 8.11. The van der Waals surface area contributed by atoms with Crippen molar-refractivity contribution in [3.8, 4) is 0 Å². The molecule has 3 aliphatic heterocycles. The first-order chi connectivity index (χ1) is 17.0. The van der Waals surface area contributed by atoms with Gasteiger partial charge in [-0.15, -0.1) is 0 Å². The molecular formula is C28H42O9. The van der Waals surface area contributed by atoms with Crippen molar-refractivity contribution in [1.82, 2.24) is 0 Å². The van der Waals surface area contributed by atoms with Gasteiger partial charge in [0.2, 0.25) is 5.79 Å². The molecule has 0 aliphatic carbocycles. The lowest BCUT2D eigenvalue weighted by Crippen LogP contribution is -2.68. The highest BCUT2D eigenvalue weighted by Crippen LogP contribution is 2.48. The van der Waals surface area contributed by atoms with E-state index in [0.29, 0.717) is 18.4 Å². The zero-order valence-corrected chi connectivity index (χ0v) is 23.1. The smallest absolute Gasteiger partial charge is 0.331 e. The molecule has 208 valence electrons. The molecule has 3 heterocycles. The number of hydrogen-bond donors (Lipinski definition) is 2. The topological polar surface area (TPSA) is 129 Å². The van der Waals surface area contributed by atoms with E-state index < -0.39 is 65.0 Å². The summed E-state index contributed by atoms with van der Waals surface area (Å²) in [5, 5.41) is 23.5. The number of allylic oxidation sites excluding steroid dienone is 1. The molecular weight excluding hydrogens is 480 g/mol. The molecule has 0 aromatic carbocycles. The molecule has 2 fully saturated rings. The Morgan fingerprint density at radius 2 is 1.84 bits per heavy atom. The normalized spacial score (nSPS) is 41.7. The minimum absolute atomic E-state index is 0.195. The van der Waals surface area contributed by atoms with Crippen LogP contribution in [0.4, 0.5) is 0 Å². The van der Waals surface area contributed by atoms with Crippen molar-refractivity contribution in [2.45, 2.75) is 117 Å². The second-order valence-corrected chi connectivity index (χ2v) is 11.8. The zero-order valence-electron chi connectivity index (χ0n) is 23.1. The molecule has 0 amide bonds. The Morgan fingerprint density at radius 1 is 1.19 bits per heavy atom. The minimum Gasteiger partial charge on any atom is -0.458 e. The van der Waals surface area contributed by atoms with Crippen LogP contribution < -0.4 is 0 Å². The Bertz CT molecular complexity index is 969. The van der Waals surface area contributed by atoms with Crippen LogP contribution in [0.25, 0.3) is 0 Å². The van der Waals surface area contributed by atoms with Crippen LogP contribution in [-0.2, 0) is 33.3 Å². The van der Waals surface area contributed by atoms with Gasteiger partial charge in [-0.3, -0.25) is 9.59 Å². The molecule has 9 atom stereocenters. The van der Waals surface area contributed by atoms with E-state index >= 15 is 0 Å². The molecule has 3 rings (SSSR count). The Morgan fingerprint density at radius 3 is 2.46 bits per heavy atom. The number of aliphatic hydroxyl groups is 2. The number of fused-ring (bicyclic) bond motifs is 4. The Kier molecular flexibility index (Phi) is 8.44. The van der Waals surface area contributed by atoms with E-state index in [2.05, 4.69) is 0 Å². The fourth-order valence-electron chi connectivity index (χ4n) is 5.52. The summed E-state index contributed by atoms with van der Waals surface area (Å²) >= 11 is 0. The van der Waals surface area contributed by atoms with Crippen molar-refractivity contribution in [1.29, 1.82) is 0 Å². The van der Waals surface area contributed by atoms with Gasteiger partial charge < -0.3 is 29.2 Å². The van der Waals surface area contributed by atoms with Gasteiger partial charge in [-0.05, 0) is 45.6 Å². The summed E-state index contributed by atoms with van der Waals surface area (Å²) in [5.74, 6) is -4.91. The van der Waals surface area contributed by atoms with E-state index in [9.17, 15) is 24.6 Å². The van der Waals surface area contributed by atoms with Crippen LogP contribution >= 0.6 is 0 Å². The van der Waals surface area contributed by atoms with Crippen LogP contribution in [0, 0.1) is 17.3 Å². The Labute approximate surface area is 219 Å². The maximum absolute atomic E-state index is 13.3. The van der Waals surface area contributed by atoms with Crippen molar-refractivity contribution in [2.75, 3.05) is 0 Å². The van der Waals surface area contributed by atoms with E-state index in [0.717, 1.165) is 0 Å². The van der Waals surface area contributed by atoms with E-state index in [1.165, 1.54) is 13.0 Å². The van der Waals surface area contributed by atoms with E-state index in [1.807, 2.05) is 26.0 Å². The molecule has 0 unspecified atom stereocenters. The molecule has 3 aliphatic rings. The van der Waals surface area contributed by atoms with Crippen LogP contribution in [-0.4, -0.2) is 69.8 Å². The maximum atomic E-state index is 13.3. The fraction of sp³-hybridized carbons (Fsp3) is 0.750. The summed E-state index contributed by atoms with van der Waals surface area (Å²) < 4.78 is 23.1. The molecule has 0 radical (unpaired) electrons. The number of rotatable bonds is 4. The number of esters is 2. The zero-order chi connectivity index (χ0) is 27.9. The number of ketones is 1. The summed E-state index contributed by atoms with van der Waals surface area (Å²) in [4.78, 5) is 37.5. The van der Waals surface area contributed by atoms with Gasteiger partial charge in [0, 0.05) is 30.3 Å². The summed E-state index contributed by atoms with van der Waals surface area (Å²) in [7, 11) is 0. The van der Waals surface area contributed by atoms with Crippen molar-refractivity contribution >= 4 is 17.7 Å². The van der Waals surface area contributed by atoms with E-state index in [4.69, 9.17) is 18.9 Å². The van der Waals surface area contributed by atoms with Crippen LogP contribution in [0.15, 0.2) is 23.8 Å². The Balaban J connectivity index is 1.98. The minimum atomic E-state index is -2.40. The number of ether oxygens (including phenoxy) is 4. The third kappa shape index (κ3) is 6.00. The van der Waals surface area contributed by atoms with E-state index in [-0.39, 0.29) is 18.3 Å². The largest absolute Gasteiger partial charge is 0.458 e. The summed E-state index contributed by atoms with van der Waals surface area (Å²) in [5.41, 5.74) is -1.18. The summed E-state index contributed by atoms with van der Waals surface area (Å²) in [6, 6.07) is 0. The van der Waals surface area contributed by atoms with Crippen LogP contribution in [0.1, 0.15) is 74.7 Å². The van der Waals surface area contributed by atoms with Gasteiger partial charge in [0.1, 0.15) is 18.3 Å². The fourth-order valence-corrected chi connectivity index (χ4v) is 5.52. The highest BCUT2D eigenvalue weighted by Gasteiger charge is 2.62. The second kappa shape index (κ2) is 10.6. The first-order valence-electron chi connectivity index (χ1n) is 13.1. The maximum Gasteiger partial charge on any atom is 0.331 e. The van der Waals surface area contributed by atoms with E-state index in [1.54, 1.807) is 34.6 Å². The quantitative estimate of drug-likeness (QED) is 0.325. The number of carbonyl (C=O) groups excluding carboxylic acids is 3. The summed E-state index contributed by atoms with van der Waals surface area (Å²) in [6.45, 7) is 13.8. The molecule has 37 heavy (non-hydrogen) atoms. The summed E-state index contributed by atoms with van der Waals surface area (Å²) in [6.07, 6.45) is 1.45. The molecule has 2 N–H and O–H groups in total. The standard InChI is InChI=1S/C28H42O9/c1-15-9-11-26(6,7)21-10-12-27(8,37-21)25(32)28(33)24(17(3)13-20(36-28)23(15)31)35-22(30)14-16(2)18(4)34-19(5)29/h9,11,14-15,17-18,20-21,24-25,32-33H,10,12-13H2,1-8H3/b11-9+,16-14+/t15-,17+,18+,20+,21-,24+,25-,27+,28-/m0/s1. The van der Waals surface area contributed by atoms with Gasteiger partial charge >= 0.3 is 11.9 Å². The van der Waals surface area contributed by atoms with Crippen molar-refractivity contribution in [3.05, 3.63) is 23.8 Å². The van der Waals surface area contributed by atoms with Gasteiger partial charge in [0.15, 0.2) is 11.9 Å². The van der Waals surface area contributed by atoms with Gasteiger partial charge in [-0.25, -0.2) is 4.79 Å². The monoisotopic (exact) mass is 522 g/mol. The van der Waals surface area contributed by atoms with Crippen molar-refractivity contribution in [2.24, 2.45) is 17.3 Å². The molecule has 0 spiro atoms. The van der Waals surface area contributed by atoms with Gasteiger partial charge in [-0.1, -0.05) is 39.8 Å². The predicted molar refractivity (Wildman–Crippen MR) is 134 cm³/mol. The first-order valence-corrected chi connectivity index (χ1v) is 13.1. The van der Waals surface area contributed by atoms with Crippen molar-refractivity contribution in [3.63, 3.8) is 0 Å². The first kappa shape index (κ1) is 29.5. The van der Waals surface area contributed by atoms with Crippen LogP contribution in [0.2, 0.25) is 0 Å². The second-order valence-electron chi connectivity index (χ2n) is 11.8. The molecule has 4 bridgehead atoms. The highest BCUT2D eigenvalue weighted by atomic mass is 16.7. The molecule has 0 aromatic heterocycles. The SMILES string of the molecule is CC(=O)O[C@H](C)/C(C)=C/C(=O)O[C@@H]1[C@H](C)C[C@H]2O[C@]1(O)[C@@H](O)[C@@]1(C)CC[C@H](O1)C(C)(C)/C=C/[C@H](C)C2=O. The average molecular weight is 523 g/mol. The van der Waals surface area contributed by atoms with Gasteiger partial charge in [0.05, 0.1) is 11.7 Å². The molecule has 9 nitrogen and oxygen atoms in total. The van der Waals surface area contributed by atoms with Crippen LogP contribution in [0.3, 0.4) is 0 Å². The molecule has 2 saturated heterocycles. The number of aliphatic hydroxyl groups excluding tert-OH is 1. The van der Waals surface area contributed by atoms with Crippen molar-refractivity contribution < 1.29 is 43.5 Å². The van der Waals surface area contributed by atoms with Gasteiger partial charge in [0.25, 0.3) is 0 Å². The predicted octanol–water partition coefficient (Wildman–Crippen LogP) is 3.01. The lowest BCUT2D eigenvalue weighted by Gasteiger charge is -2.51. The number of hydrogen-bond acceptors (Lipinski definition) is 9. The number of Topliss-reactive ketones (excluding diaryl/α,β-unsaturated/α-hetero) is 1. The lowest BCUT2D eigenvalue weighted by atomic mass is 9.78. The Hall–Kier alpha value is -2.07.